The van der Waals surface area contributed by atoms with Crippen molar-refractivity contribution in [2.24, 2.45) is 5.73 Å². The highest BCUT2D eigenvalue weighted by Crippen LogP contribution is 2.40. The van der Waals surface area contributed by atoms with Crippen LogP contribution in [-0.4, -0.2) is 0 Å². The quantitative estimate of drug-likeness (QED) is 0.850. The Kier molecular flexibility index (Phi) is 4.40. The molecule has 3 rings (SSSR count). The third-order valence-corrected chi connectivity index (χ3v) is 4.96. The first-order chi connectivity index (χ1) is 10.3. The molecule has 0 bridgehead atoms. The molecule has 1 aliphatic rings. The number of rotatable bonds is 3. The number of aryl methyl sites for hydroxylation is 1. The normalized spacial score (nSPS) is 22.2. The lowest BCUT2D eigenvalue weighted by Gasteiger charge is -2.29. The summed E-state index contributed by atoms with van der Waals surface area (Å²) in [5.41, 5.74) is 11.3. The van der Waals surface area contributed by atoms with Crippen LogP contribution in [0.4, 0.5) is 0 Å². The average molecular weight is 279 g/mol. The maximum Gasteiger partial charge on any atom is 0.0178 e. The topological polar surface area (TPSA) is 26.0 Å². The number of hydrogen-bond donors (Lipinski definition) is 1. The molecule has 1 fully saturated rings. The van der Waals surface area contributed by atoms with Gasteiger partial charge in [-0.2, -0.15) is 0 Å². The van der Waals surface area contributed by atoms with Crippen LogP contribution in [0.5, 0.6) is 0 Å². The molecule has 1 heteroatoms. The van der Waals surface area contributed by atoms with Crippen molar-refractivity contribution in [1.29, 1.82) is 0 Å². The Hall–Kier alpha value is -1.60. The summed E-state index contributed by atoms with van der Waals surface area (Å²) >= 11 is 0. The second-order valence-electron chi connectivity index (χ2n) is 6.40. The summed E-state index contributed by atoms with van der Waals surface area (Å²) in [5, 5.41) is 0. The van der Waals surface area contributed by atoms with Crippen molar-refractivity contribution >= 4 is 0 Å². The molecule has 0 aromatic heterocycles. The lowest BCUT2D eigenvalue weighted by molar-refractivity contribution is 0.396. The summed E-state index contributed by atoms with van der Waals surface area (Å²) < 4.78 is 0. The fraction of sp³-hybridized carbons (Fsp3) is 0.400. The lowest BCUT2D eigenvalue weighted by atomic mass is 9.76. The molecule has 1 aliphatic carbocycles. The molecule has 21 heavy (non-hydrogen) atoms. The summed E-state index contributed by atoms with van der Waals surface area (Å²) in [6.45, 7) is 2.80. The van der Waals surface area contributed by atoms with Gasteiger partial charge in [0.15, 0.2) is 0 Å². The highest BCUT2D eigenvalue weighted by Gasteiger charge is 2.23. The van der Waals surface area contributed by atoms with Gasteiger partial charge in [0.05, 0.1) is 0 Å². The van der Waals surface area contributed by atoms with Crippen LogP contribution in [0, 0.1) is 6.92 Å². The van der Waals surface area contributed by atoms with E-state index in [0.29, 0.717) is 6.54 Å². The van der Waals surface area contributed by atoms with Gasteiger partial charge in [0.25, 0.3) is 0 Å². The molecule has 2 aromatic rings. The zero-order chi connectivity index (χ0) is 14.7. The number of nitrogens with two attached hydrogens (primary N) is 1. The minimum atomic E-state index is 0.639. The molecule has 110 valence electrons. The molecule has 0 atom stereocenters. The van der Waals surface area contributed by atoms with Crippen LogP contribution in [0.15, 0.2) is 48.5 Å². The van der Waals surface area contributed by atoms with Crippen LogP contribution in [0.1, 0.15) is 59.8 Å². The molecule has 0 aliphatic heterocycles. The second kappa shape index (κ2) is 6.44. The molecule has 0 radical (unpaired) electrons. The van der Waals surface area contributed by atoms with E-state index >= 15 is 0 Å². The standard InChI is InChI=1S/C20H25N/c1-15-2-6-17(7-3-15)19-10-12-20(13-11-19)18-8-4-16(14-21)5-9-18/h2-9,19-20H,10-14,21H2,1H3. The maximum absolute atomic E-state index is 5.67. The first-order valence-electron chi connectivity index (χ1n) is 8.11. The van der Waals surface area contributed by atoms with Crippen LogP contribution < -0.4 is 5.73 Å². The highest BCUT2D eigenvalue weighted by molar-refractivity contribution is 5.28. The van der Waals surface area contributed by atoms with Crippen molar-refractivity contribution in [2.75, 3.05) is 0 Å². The first kappa shape index (κ1) is 14.3. The van der Waals surface area contributed by atoms with Gasteiger partial charge in [-0.1, -0.05) is 54.1 Å². The summed E-state index contributed by atoms with van der Waals surface area (Å²) in [5.74, 6) is 1.49. The summed E-state index contributed by atoms with van der Waals surface area (Å²) in [6.07, 6.45) is 5.24. The molecule has 1 saturated carbocycles. The monoisotopic (exact) mass is 279 g/mol. The first-order valence-corrected chi connectivity index (χ1v) is 8.11. The van der Waals surface area contributed by atoms with Crippen molar-refractivity contribution < 1.29 is 0 Å². The van der Waals surface area contributed by atoms with Crippen molar-refractivity contribution in [2.45, 2.75) is 51.0 Å². The number of benzene rings is 2. The summed E-state index contributed by atoms with van der Waals surface area (Å²) in [7, 11) is 0. The van der Waals surface area contributed by atoms with E-state index < -0.39 is 0 Å². The Morgan fingerprint density at radius 2 is 1.19 bits per heavy atom. The zero-order valence-electron chi connectivity index (χ0n) is 12.9. The van der Waals surface area contributed by atoms with E-state index in [1.54, 1.807) is 0 Å². The molecule has 0 amide bonds. The van der Waals surface area contributed by atoms with E-state index in [-0.39, 0.29) is 0 Å². The van der Waals surface area contributed by atoms with E-state index in [4.69, 9.17) is 5.73 Å². The Bertz CT molecular complexity index is 560. The summed E-state index contributed by atoms with van der Waals surface area (Å²) in [4.78, 5) is 0. The fourth-order valence-corrected chi connectivity index (χ4v) is 3.52. The molecule has 1 nitrogen and oxygen atoms in total. The van der Waals surface area contributed by atoms with Crippen LogP contribution in [0.3, 0.4) is 0 Å². The van der Waals surface area contributed by atoms with Crippen LogP contribution >= 0.6 is 0 Å². The van der Waals surface area contributed by atoms with Gasteiger partial charge < -0.3 is 5.73 Å². The average Bonchev–Trinajstić information content (AvgIpc) is 2.56. The molecule has 0 spiro atoms. The largest absolute Gasteiger partial charge is 0.326 e. The third kappa shape index (κ3) is 3.36. The molecule has 0 heterocycles. The van der Waals surface area contributed by atoms with Crippen LogP contribution in [0.2, 0.25) is 0 Å². The Morgan fingerprint density at radius 3 is 1.62 bits per heavy atom. The maximum atomic E-state index is 5.67. The van der Waals surface area contributed by atoms with E-state index in [0.717, 1.165) is 11.8 Å². The van der Waals surface area contributed by atoms with Crippen molar-refractivity contribution in [1.82, 2.24) is 0 Å². The predicted molar refractivity (Wildman–Crippen MR) is 89.5 cm³/mol. The predicted octanol–water partition coefficient (Wildman–Crippen LogP) is 4.90. The van der Waals surface area contributed by atoms with E-state index in [9.17, 15) is 0 Å². The Morgan fingerprint density at radius 1 is 0.762 bits per heavy atom. The van der Waals surface area contributed by atoms with E-state index in [1.165, 1.54) is 47.9 Å². The number of hydrogen-bond acceptors (Lipinski definition) is 1. The fourth-order valence-electron chi connectivity index (χ4n) is 3.52. The minimum absolute atomic E-state index is 0.639. The molecule has 2 N–H and O–H groups in total. The van der Waals surface area contributed by atoms with Gasteiger partial charge in [-0.25, -0.2) is 0 Å². The van der Waals surface area contributed by atoms with Crippen LogP contribution in [-0.2, 0) is 6.54 Å². The molecule has 0 unspecified atom stereocenters. The van der Waals surface area contributed by atoms with Crippen molar-refractivity contribution in [3.63, 3.8) is 0 Å². The minimum Gasteiger partial charge on any atom is -0.326 e. The smallest absolute Gasteiger partial charge is 0.0178 e. The summed E-state index contributed by atoms with van der Waals surface area (Å²) in [6, 6.07) is 18.0. The molecular weight excluding hydrogens is 254 g/mol. The van der Waals surface area contributed by atoms with Gasteiger partial charge in [0.2, 0.25) is 0 Å². The van der Waals surface area contributed by atoms with E-state index in [2.05, 4.69) is 55.5 Å². The highest BCUT2D eigenvalue weighted by atomic mass is 14.5. The molecule has 0 saturated heterocycles. The second-order valence-corrected chi connectivity index (χ2v) is 6.40. The van der Waals surface area contributed by atoms with Gasteiger partial charge in [-0.05, 0) is 61.1 Å². The van der Waals surface area contributed by atoms with Crippen LogP contribution in [0.25, 0.3) is 0 Å². The Labute approximate surface area is 128 Å². The third-order valence-electron chi connectivity index (χ3n) is 4.96. The van der Waals surface area contributed by atoms with Crippen molar-refractivity contribution in [3.05, 3.63) is 70.8 Å². The SMILES string of the molecule is Cc1ccc(C2CCC(c3ccc(CN)cc3)CC2)cc1. The van der Waals surface area contributed by atoms with Gasteiger partial charge in [-0.15, -0.1) is 0 Å². The molecular formula is C20H25N. The van der Waals surface area contributed by atoms with Gasteiger partial charge in [0, 0.05) is 6.54 Å². The van der Waals surface area contributed by atoms with E-state index in [1.807, 2.05) is 0 Å². The zero-order valence-corrected chi connectivity index (χ0v) is 12.9. The Balaban J connectivity index is 1.62. The van der Waals surface area contributed by atoms with Crippen molar-refractivity contribution in [3.8, 4) is 0 Å². The van der Waals surface area contributed by atoms with Gasteiger partial charge in [0.1, 0.15) is 0 Å². The molecule has 2 aromatic carbocycles. The van der Waals surface area contributed by atoms with Gasteiger partial charge in [-0.3, -0.25) is 0 Å². The van der Waals surface area contributed by atoms with Gasteiger partial charge >= 0.3 is 0 Å². The lowest BCUT2D eigenvalue weighted by Crippen LogP contribution is -2.12.